The van der Waals surface area contributed by atoms with Gasteiger partial charge >= 0.3 is 0 Å². The highest BCUT2D eigenvalue weighted by Gasteiger charge is 2.13. The van der Waals surface area contributed by atoms with Gasteiger partial charge in [-0.1, -0.05) is 44.0 Å². The van der Waals surface area contributed by atoms with Crippen molar-refractivity contribution in [1.29, 1.82) is 0 Å². The van der Waals surface area contributed by atoms with Gasteiger partial charge in [0.25, 0.3) is 0 Å². The summed E-state index contributed by atoms with van der Waals surface area (Å²) >= 11 is 5.91. The maximum absolute atomic E-state index is 13.9. The molecule has 4 nitrogen and oxygen atoms in total. The highest BCUT2D eigenvalue weighted by molar-refractivity contribution is 6.33. The highest BCUT2D eigenvalue weighted by atomic mass is 35.5. The van der Waals surface area contributed by atoms with E-state index in [1.54, 1.807) is 0 Å². The number of aromatic nitrogens is 1. The van der Waals surface area contributed by atoms with Crippen molar-refractivity contribution in [2.24, 2.45) is 0 Å². The number of anilines is 2. The van der Waals surface area contributed by atoms with Crippen LogP contribution in [-0.2, 0) is 4.74 Å². The normalized spacial score (nSPS) is 14.1. The Kier molecular flexibility index (Phi) is 6.82. The largest absolute Gasteiger partial charge is 0.382 e. The Balaban J connectivity index is 0.000000647. The van der Waals surface area contributed by atoms with Crippen molar-refractivity contribution in [3.63, 3.8) is 0 Å². The number of pyridine rings is 1. The molecule has 130 valence electrons. The van der Waals surface area contributed by atoms with Crippen LogP contribution in [0.5, 0.6) is 0 Å². The van der Waals surface area contributed by atoms with Crippen molar-refractivity contribution >= 4 is 23.1 Å². The number of nitrogens with two attached hydrogens (primary N) is 1. The van der Waals surface area contributed by atoms with Gasteiger partial charge < -0.3 is 15.4 Å². The van der Waals surface area contributed by atoms with Crippen molar-refractivity contribution < 1.29 is 9.13 Å². The third-order valence-electron chi connectivity index (χ3n) is 3.51. The van der Waals surface area contributed by atoms with Gasteiger partial charge in [-0.15, -0.1) is 0 Å². The van der Waals surface area contributed by atoms with Gasteiger partial charge in [-0.2, -0.15) is 4.39 Å². The molecule has 1 aromatic carbocycles. The van der Waals surface area contributed by atoms with E-state index in [9.17, 15) is 4.39 Å². The Morgan fingerprint density at radius 2 is 1.79 bits per heavy atom. The molecule has 6 heteroatoms. The maximum Gasteiger partial charge on any atom is 0.222 e. The Hall–Kier alpha value is -1.85. The van der Waals surface area contributed by atoms with E-state index < -0.39 is 5.95 Å². The van der Waals surface area contributed by atoms with Crippen molar-refractivity contribution in [3.8, 4) is 11.1 Å². The molecule has 1 aliphatic rings. The summed E-state index contributed by atoms with van der Waals surface area (Å²) in [6, 6.07) is 9.15. The van der Waals surface area contributed by atoms with Gasteiger partial charge in [0.15, 0.2) is 0 Å². The molecule has 1 saturated heterocycles. The second kappa shape index (κ2) is 8.85. The molecule has 0 saturated carbocycles. The summed E-state index contributed by atoms with van der Waals surface area (Å²) < 4.78 is 19.2. The minimum atomic E-state index is -0.615. The predicted molar refractivity (Wildman–Crippen MR) is 98.1 cm³/mol. The van der Waals surface area contributed by atoms with Crippen LogP contribution >= 0.6 is 11.6 Å². The lowest BCUT2D eigenvalue weighted by molar-refractivity contribution is 0.122. The standard InChI is InChI=1S/C15H15ClFN3O.C3H8/c16-13-9-12(14(17)19-15(13)18)10-1-3-11(4-2-10)20-5-7-21-8-6-20;1-3-2/h1-4,9H,5-8H2,(H2,18,19);3H2,1-2H3. The molecule has 0 atom stereocenters. The number of rotatable bonds is 2. The Morgan fingerprint density at radius 3 is 2.38 bits per heavy atom. The zero-order valence-corrected chi connectivity index (χ0v) is 14.8. The third kappa shape index (κ3) is 4.58. The van der Waals surface area contributed by atoms with Gasteiger partial charge in [-0.05, 0) is 23.8 Å². The van der Waals surface area contributed by atoms with Gasteiger partial charge in [0.05, 0.1) is 18.2 Å². The van der Waals surface area contributed by atoms with Crippen LogP contribution in [0.2, 0.25) is 5.02 Å². The van der Waals surface area contributed by atoms with E-state index in [-0.39, 0.29) is 10.8 Å². The lowest BCUT2D eigenvalue weighted by atomic mass is 10.1. The number of nitrogen functional groups attached to an aromatic ring is 1. The molecule has 1 aliphatic heterocycles. The number of ether oxygens (including phenoxy) is 1. The topological polar surface area (TPSA) is 51.4 Å². The monoisotopic (exact) mass is 351 g/mol. The van der Waals surface area contributed by atoms with Gasteiger partial charge in [-0.3, -0.25) is 0 Å². The first kappa shape index (κ1) is 18.5. The Bertz CT molecular complexity index is 658. The first-order chi connectivity index (χ1) is 11.6. The van der Waals surface area contributed by atoms with Gasteiger partial charge in [0.2, 0.25) is 5.95 Å². The van der Waals surface area contributed by atoms with Crippen molar-refractivity contribution in [1.82, 2.24) is 4.98 Å². The van der Waals surface area contributed by atoms with E-state index >= 15 is 0 Å². The molecule has 0 amide bonds. The van der Waals surface area contributed by atoms with Gasteiger partial charge in [-0.25, -0.2) is 4.98 Å². The number of hydrogen-bond acceptors (Lipinski definition) is 4. The van der Waals surface area contributed by atoms with Crippen LogP contribution in [0.25, 0.3) is 11.1 Å². The molecule has 0 spiro atoms. The van der Waals surface area contributed by atoms with Gasteiger partial charge in [0.1, 0.15) is 5.82 Å². The minimum absolute atomic E-state index is 0.00264. The van der Waals surface area contributed by atoms with Crippen molar-refractivity contribution in [2.45, 2.75) is 20.3 Å². The van der Waals surface area contributed by atoms with E-state index in [2.05, 4.69) is 23.7 Å². The minimum Gasteiger partial charge on any atom is -0.382 e. The fourth-order valence-electron chi connectivity index (χ4n) is 2.36. The predicted octanol–water partition coefficient (Wildman–Crippen LogP) is 4.38. The molecule has 0 bridgehead atoms. The molecule has 24 heavy (non-hydrogen) atoms. The molecular weight excluding hydrogens is 329 g/mol. The van der Waals surface area contributed by atoms with Crippen LogP contribution in [-0.4, -0.2) is 31.3 Å². The molecule has 1 fully saturated rings. The molecule has 2 aromatic rings. The molecule has 1 aromatic heterocycles. The number of hydrogen-bond donors (Lipinski definition) is 1. The fraction of sp³-hybridized carbons (Fsp3) is 0.389. The summed E-state index contributed by atoms with van der Waals surface area (Å²) in [7, 11) is 0. The van der Waals surface area contributed by atoms with Gasteiger partial charge in [0, 0.05) is 24.3 Å². The molecule has 0 radical (unpaired) electrons. The van der Waals surface area contributed by atoms with E-state index in [1.165, 1.54) is 12.5 Å². The molecule has 0 unspecified atom stereocenters. The molecule has 2 heterocycles. The number of benzene rings is 1. The summed E-state index contributed by atoms with van der Waals surface area (Å²) in [6.45, 7) is 7.44. The van der Waals surface area contributed by atoms with Crippen LogP contribution in [0.1, 0.15) is 20.3 Å². The van der Waals surface area contributed by atoms with Crippen molar-refractivity contribution in [2.75, 3.05) is 36.9 Å². The quantitative estimate of drug-likeness (QED) is 0.816. The van der Waals surface area contributed by atoms with E-state index in [0.29, 0.717) is 5.56 Å². The third-order valence-corrected chi connectivity index (χ3v) is 3.81. The molecule has 3 rings (SSSR count). The summed E-state index contributed by atoms with van der Waals surface area (Å²) in [5, 5.41) is 0.253. The summed E-state index contributed by atoms with van der Waals surface area (Å²) in [5.41, 5.74) is 7.65. The summed E-state index contributed by atoms with van der Waals surface area (Å²) in [5.74, 6) is -0.612. The summed E-state index contributed by atoms with van der Waals surface area (Å²) in [4.78, 5) is 5.85. The number of halogens is 2. The Morgan fingerprint density at radius 1 is 1.21 bits per heavy atom. The second-order valence-electron chi connectivity index (χ2n) is 5.55. The van der Waals surface area contributed by atoms with Crippen LogP contribution in [0.3, 0.4) is 0 Å². The van der Waals surface area contributed by atoms with Crippen LogP contribution in [0.15, 0.2) is 30.3 Å². The maximum atomic E-state index is 13.9. The first-order valence-electron chi connectivity index (χ1n) is 8.11. The Labute approximate surface area is 147 Å². The van der Waals surface area contributed by atoms with E-state index in [0.717, 1.165) is 37.6 Å². The second-order valence-corrected chi connectivity index (χ2v) is 5.95. The summed E-state index contributed by atoms with van der Waals surface area (Å²) in [6.07, 6.45) is 1.25. The SMILES string of the molecule is CCC.Nc1nc(F)c(-c2ccc(N3CCOCC3)cc2)cc1Cl. The molecule has 0 aliphatic carbocycles. The number of nitrogens with zero attached hydrogens (tertiary/aromatic N) is 2. The van der Waals surface area contributed by atoms with Crippen LogP contribution in [0, 0.1) is 5.95 Å². The van der Waals surface area contributed by atoms with Crippen LogP contribution < -0.4 is 10.6 Å². The lowest BCUT2D eigenvalue weighted by Crippen LogP contribution is -2.36. The van der Waals surface area contributed by atoms with E-state index in [1.807, 2.05) is 24.3 Å². The zero-order valence-electron chi connectivity index (χ0n) is 14.1. The van der Waals surface area contributed by atoms with Crippen molar-refractivity contribution in [3.05, 3.63) is 41.3 Å². The van der Waals surface area contributed by atoms with E-state index in [4.69, 9.17) is 22.1 Å². The lowest BCUT2D eigenvalue weighted by Gasteiger charge is -2.28. The average molecular weight is 352 g/mol. The number of morpholine rings is 1. The molecule has 2 N–H and O–H groups in total. The fourth-order valence-corrected chi connectivity index (χ4v) is 2.51. The average Bonchev–Trinajstić information content (AvgIpc) is 2.60. The van der Waals surface area contributed by atoms with Crippen LogP contribution in [0.4, 0.5) is 15.9 Å². The smallest absolute Gasteiger partial charge is 0.222 e. The zero-order chi connectivity index (χ0) is 17.5. The highest BCUT2D eigenvalue weighted by Crippen LogP contribution is 2.29. The first-order valence-corrected chi connectivity index (χ1v) is 8.49. The molecular formula is C18H23ClFN3O.